The average Bonchev–Trinajstić information content (AvgIpc) is 2.61. The van der Waals surface area contributed by atoms with Crippen molar-refractivity contribution < 1.29 is 23.8 Å². The molecule has 0 spiro atoms. The number of hydrogen-bond donors (Lipinski definition) is 1. The van der Waals surface area contributed by atoms with Gasteiger partial charge < -0.3 is 19.5 Å². The third-order valence-corrected chi connectivity index (χ3v) is 3.83. The largest absolute Gasteiger partial charge is 0.485 e. The van der Waals surface area contributed by atoms with E-state index in [9.17, 15) is 9.59 Å². The Bertz CT molecular complexity index is 808. The van der Waals surface area contributed by atoms with E-state index in [1.165, 1.54) is 0 Å². The summed E-state index contributed by atoms with van der Waals surface area (Å²) >= 11 is 6.05. The molecule has 1 N–H and O–H groups in total. The van der Waals surface area contributed by atoms with Crippen molar-refractivity contribution in [1.82, 2.24) is 0 Å². The molecule has 130 valence electrons. The summed E-state index contributed by atoms with van der Waals surface area (Å²) < 4.78 is 16.0. The topological polar surface area (TPSA) is 73.9 Å². The number of carbonyl (C=O) groups is 2. The summed E-state index contributed by atoms with van der Waals surface area (Å²) in [5.41, 5.74) is 1.43. The van der Waals surface area contributed by atoms with Gasteiger partial charge in [0.15, 0.2) is 18.1 Å². The number of esters is 1. The van der Waals surface area contributed by atoms with E-state index in [0.29, 0.717) is 22.2 Å². The molecule has 1 aliphatic rings. The summed E-state index contributed by atoms with van der Waals surface area (Å²) in [6.07, 6.45) is -0.911. The summed E-state index contributed by atoms with van der Waals surface area (Å²) in [5.74, 6) is -0.124. The fourth-order valence-electron chi connectivity index (χ4n) is 2.27. The first-order chi connectivity index (χ1) is 12.0. The SMILES string of the molecule is Cc1ccc(NC(=O)COC(=O)[C@@H]2COc3ccccc3O2)c(Cl)c1. The minimum absolute atomic E-state index is 0.0290. The van der Waals surface area contributed by atoms with Crippen LogP contribution >= 0.6 is 11.6 Å². The van der Waals surface area contributed by atoms with Gasteiger partial charge in [0.2, 0.25) is 6.10 Å². The number of benzene rings is 2. The highest BCUT2D eigenvalue weighted by Crippen LogP contribution is 2.31. The first-order valence-electron chi connectivity index (χ1n) is 7.64. The monoisotopic (exact) mass is 361 g/mol. The Hall–Kier alpha value is -2.73. The zero-order valence-electron chi connectivity index (χ0n) is 13.5. The van der Waals surface area contributed by atoms with Gasteiger partial charge in [0.25, 0.3) is 5.91 Å². The molecule has 0 unspecified atom stereocenters. The summed E-state index contributed by atoms with van der Waals surface area (Å²) in [5, 5.41) is 3.01. The minimum Gasteiger partial charge on any atom is -0.485 e. The van der Waals surface area contributed by atoms with Gasteiger partial charge >= 0.3 is 5.97 Å². The van der Waals surface area contributed by atoms with Crippen LogP contribution in [0.1, 0.15) is 5.56 Å². The molecule has 3 rings (SSSR count). The third kappa shape index (κ3) is 4.22. The number of halogens is 1. The molecule has 7 heteroatoms. The number of rotatable bonds is 4. The molecular weight excluding hydrogens is 346 g/mol. The lowest BCUT2D eigenvalue weighted by Gasteiger charge is -2.24. The molecular formula is C18H16ClNO5. The van der Waals surface area contributed by atoms with Gasteiger partial charge in [0.05, 0.1) is 10.7 Å². The van der Waals surface area contributed by atoms with Gasteiger partial charge in [-0.15, -0.1) is 0 Å². The normalized spacial score (nSPS) is 15.4. The van der Waals surface area contributed by atoms with E-state index in [0.717, 1.165) is 5.56 Å². The third-order valence-electron chi connectivity index (χ3n) is 3.52. The highest BCUT2D eigenvalue weighted by molar-refractivity contribution is 6.33. The van der Waals surface area contributed by atoms with Crippen molar-refractivity contribution in [2.75, 3.05) is 18.5 Å². The average molecular weight is 362 g/mol. The predicted molar refractivity (Wildman–Crippen MR) is 92.1 cm³/mol. The first-order valence-corrected chi connectivity index (χ1v) is 8.02. The van der Waals surface area contributed by atoms with E-state index in [4.69, 9.17) is 25.8 Å². The highest BCUT2D eigenvalue weighted by Gasteiger charge is 2.29. The molecule has 25 heavy (non-hydrogen) atoms. The van der Waals surface area contributed by atoms with Crippen LogP contribution in [0, 0.1) is 6.92 Å². The van der Waals surface area contributed by atoms with E-state index in [1.807, 2.05) is 13.0 Å². The number of para-hydroxylation sites is 2. The Morgan fingerprint density at radius 1 is 1.24 bits per heavy atom. The number of amides is 1. The van der Waals surface area contributed by atoms with Gasteiger partial charge in [-0.3, -0.25) is 4.79 Å². The lowest BCUT2D eigenvalue weighted by molar-refractivity contribution is -0.156. The van der Waals surface area contributed by atoms with Crippen molar-refractivity contribution in [3.63, 3.8) is 0 Å². The predicted octanol–water partition coefficient (Wildman–Crippen LogP) is 2.97. The Morgan fingerprint density at radius 3 is 2.76 bits per heavy atom. The van der Waals surface area contributed by atoms with Crippen LogP contribution in [0.25, 0.3) is 0 Å². The van der Waals surface area contributed by atoms with Crippen LogP contribution in [0.2, 0.25) is 5.02 Å². The summed E-state index contributed by atoms with van der Waals surface area (Å²) in [4.78, 5) is 24.0. The van der Waals surface area contributed by atoms with E-state index < -0.39 is 24.6 Å². The maximum atomic E-state index is 12.0. The Balaban J connectivity index is 1.51. The zero-order chi connectivity index (χ0) is 17.8. The second kappa shape index (κ2) is 7.44. The second-order valence-corrected chi connectivity index (χ2v) is 5.91. The van der Waals surface area contributed by atoms with Gasteiger partial charge in [-0.2, -0.15) is 0 Å². The summed E-state index contributed by atoms with van der Waals surface area (Å²) in [7, 11) is 0. The molecule has 6 nitrogen and oxygen atoms in total. The molecule has 1 heterocycles. The van der Waals surface area contributed by atoms with Crippen molar-refractivity contribution in [3.8, 4) is 11.5 Å². The van der Waals surface area contributed by atoms with Crippen LogP contribution in [0.3, 0.4) is 0 Å². The lowest BCUT2D eigenvalue weighted by Crippen LogP contribution is -2.39. The maximum absolute atomic E-state index is 12.0. The molecule has 2 aromatic carbocycles. The molecule has 0 saturated carbocycles. The van der Waals surface area contributed by atoms with Crippen molar-refractivity contribution in [3.05, 3.63) is 53.1 Å². The van der Waals surface area contributed by atoms with Crippen LogP contribution in [-0.2, 0) is 14.3 Å². The van der Waals surface area contributed by atoms with Crippen LogP contribution in [0.4, 0.5) is 5.69 Å². The number of hydrogen-bond acceptors (Lipinski definition) is 5. The molecule has 0 radical (unpaired) electrons. The quantitative estimate of drug-likeness (QED) is 0.847. The molecule has 0 fully saturated rings. The standard InChI is InChI=1S/C18H16ClNO5/c1-11-6-7-13(12(19)8-11)20-17(21)10-24-18(22)16-9-23-14-4-2-3-5-15(14)25-16/h2-8,16H,9-10H2,1H3,(H,20,21)/t16-/m0/s1. The first kappa shape index (κ1) is 17.1. The fourth-order valence-corrected chi connectivity index (χ4v) is 2.56. The Kier molecular flexibility index (Phi) is 5.09. The van der Waals surface area contributed by atoms with Crippen LogP contribution in [0.5, 0.6) is 11.5 Å². The van der Waals surface area contributed by atoms with Gasteiger partial charge in [-0.25, -0.2) is 4.79 Å². The van der Waals surface area contributed by atoms with E-state index in [1.54, 1.807) is 36.4 Å². The lowest BCUT2D eigenvalue weighted by atomic mass is 10.2. The molecule has 0 aliphatic carbocycles. The number of ether oxygens (including phenoxy) is 3. The van der Waals surface area contributed by atoms with E-state index >= 15 is 0 Å². The summed E-state index contributed by atoms with van der Waals surface area (Å²) in [6, 6.07) is 12.3. The molecule has 2 aromatic rings. The molecule has 1 atom stereocenters. The van der Waals surface area contributed by atoms with Gasteiger partial charge in [-0.05, 0) is 36.8 Å². The highest BCUT2D eigenvalue weighted by atomic mass is 35.5. The van der Waals surface area contributed by atoms with Crippen molar-refractivity contribution >= 4 is 29.2 Å². The number of carbonyl (C=O) groups excluding carboxylic acids is 2. The smallest absolute Gasteiger partial charge is 0.351 e. The minimum atomic E-state index is -0.911. The Morgan fingerprint density at radius 2 is 2.00 bits per heavy atom. The van der Waals surface area contributed by atoms with Gasteiger partial charge in [0.1, 0.15) is 6.61 Å². The maximum Gasteiger partial charge on any atom is 0.351 e. The molecule has 0 aromatic heterocycles. The number of nitrogens with one attached hydrogen (secondary N) is 1. The zero-order valence-corrected chi connectivity index (χ0v) is 14.2. The number of fused-ring (bicyclic) bond motifs is 1. The second-order valence-electron chi connectivity index (χ2n) is 5.50. The van der Waals surface area contributed by atoms with Gasteiger partial charge in [-0.1, -0.05) is 29.8 Å². The van der Waals surface area contributed by atoms with Crippen molar-refractivity contribution in [2.24, 2.45) is 0 Å². The van der Waals surface area contributed by atoms with Crippen LogP contribution < -0.4 is 14.8 Å². The van der Waals surface area contributed by atoms with Gasteiger partial charge in [0, 0.05) is 0 Å². The molecule has 0 saturated heterocycles. The Labute approximate surface area is 149 Å². The molecule has 1 aliphatic heterocycles. The van der Waals surface area contributed by atoms with Crippen LogP contribution in [-0.4, -0.2) is 31.2 Å². The number of aryl methyl sites for hydroxylation is 1. The van der Waals surface area contributed by atoms with E-state index in [2.05, 4.69) is 5.32 Å². The fraction of sp³-hybridized carbons (Fsp3) is 0.222. The van der Waals surface area contributed by atoms with Crippen LogP contribution in [0.15, 0.2) is 42.5 Å². The van der Waals surface area contributed by atoms with E-state index in [-0.39, 0.29) is 6.61 Å². The van der Waals surface area contributed by atoms with Crippen molar-refractivity contribution in [2.45, 2.75) is 13.0 Å². The van der Waals surface area contributed by atoms with Crippen molar-refractivity contribution in [1.29, 1.82) is 0 Å². The number of anilines is 1. The molecule has 1 amide bonds. The summed E-state index contributed by atoms with van der Waals surface area (Å²) in [6.45, 7) is 1.48. The molecule has 0 bridgehead atoms.